The summed E-state index contributed by atoms with van der Waals surface area (Å²) < 4.78 is 2.26. The van der Waals surface area contributed by atoms with Crippen molar-refractivity contribution in [1.29, 1.82) is 0 Å². The molecule has 5 rings (SSSR count). The fraction of sp³-hybridized carbons (Fsp3) is 0.350. The molecule has 2 aliphatic heterocycles. The Kier molecular flexibility index (Phi) is 4.09. The Bertz CT molecular complexity index is 993. The predicted octanol–water partition coefficient (Wildman–Crippen LogP) is 4.53. The molecule has 1 fully saturated rings. The van der Waals surface area contributed by atoms with Crippen LogP contribution in [0.1, 0.15) is 41.7 Å². The third-order valence-electron chi connectivity index (χ3n) is 5.28. The molecule has 27 heavy (non-hydrogen) atoms. The smallest absolute Gasteiger partial charge is 0.193 e. The zero-order valence-electron chi connectivity index (χ0n) is 15.5. The molecule has 0 spiro atoms. The van der Waals surface area contributed by atoms with Crippen LogP contribution in [-0.2, 0) is 0 Å². The number of hydrogen-bond donors (Lipinski definition) is 0. The van der Waals surface area contributed by atoms with Crippen LogP contribution in [0.25, 0.3) is 5.13 Å². The van der Waals surface area contributed by atoms with Crippen LogP contribution in [0, 0.1) is 13.8 Å². The molecular formula is C20H21N5S2. The molecule has 3 aromatic heterocycles. The molecule has 3 atom stereocenters. The average Bonchev–Trinajstić information content (AvgIpc) is 3.40. The van der Waals surface area contributed by atoms with Gasteiger partial charge in [-0.2, -0.15) is 0 Å². The van der Waals surface area contributed by atoms with Crippen molar-refractivity contribution in [3.05, 3.63) is 64.7 Å². The van der Waals surface area contributed by atoms with Gasteiger partial charge < -0.3 is 4.90 Å². The Hall–Kier alpha value is -2.12. The molecule has 138 valence electrons. The molecule has 0 aromatic carbocycles. The second kappa shape index (κ2) is 6.49. The summed E-state index contributed by atoms with van der Waals surface area (Å²) in [6, 6.07) is 8.64. The fourth-order valence-corrected chi connectivity index (χ4v) is 6.01. The van der Waals surface area contributed by atoms with Crippen LogP contribution in [0.2, 0.25) is 0 Å². The molecule has 0 aliphatic carbocycles. The number of amidine groups is 1. The Morgan fingerprint density at radius 1 is 1.15 bits per heavy atom. The monoisotopic (exact) mass is 395 g/mol. The second-order valence-electron chi connectivity index (χ2n) is 7.11. The minimum Gasteiger partial charge on any atom is -0.341 e. The van der Waals surface area contributed by atoms with E-state index in [9.17, 15) is 0 Å². The van der Waals surface area contributed by atoms with Gasteiger partial charge in [0.15, 0.2) is 10.3 Å². The average molecular weight is 396 g/mol. The summed E-state index contributed by atoms with van der Waals surface area (Å²) in [5.74, 6) is 0. The van der Waals surface area contributed by atoms with E-state index in [4.69, 9.17) is 4.99 Å². The maximum Gasteiger partial charge on any atom is 0.193 e. The van der Waals surface area contributed by atoms with Crippen LogP contribution >= 0.6 is 23.1 Å². The largest absolute Gasteiger partial charge is 0.341 e. The van der Waals surface area contributed by atoms with Gasteiger partial charge >= 0.3 is 0 Å². The number of aliphatic imine (C=N–C) groups is 1. The lowest BCUT2D eigenvalue weighted by Gasteiger charge is -2.27. The number of nitrogens with zero attached hydrogens (tertiary/aromatic N) is 5. The van der Waals surface area contributed by atoms with Crippen LogP contribution in [0.4, 0.5) is 0 Å². The lowest BCUT2D eigenvalue weighted by Crippen LogP contribution is -2.28. The number of thiazole rings is 1. The molecule has 0 saturated carbocycles. The van der Waals surface area contributed by atoms with Crippen molar-refractivity contribution in [3.8, 4) is 5.13 Å². The van der Waals surface area contributed by atoms with E-state index >= 15 is 0 Å². The summed E-state index contributed by atoms with van der Waals surface area (Å²) in [6.07, 6.45) is 3.73. The molecule has 1 saturated heterocycles. The van der Waals surface area contributed by atoms with Gasteiger partial charge in [0.05, 0.1) is 11.7 Å². The molecule has 2 aliphatic rings. The molecule has 7 heteroatoms. The van der Waals surface area contributed by atoms with Crippen molar-refractivity contribution in [2.45, 2.75) is 38.1 Å². The Balaban J connectivity index is 1.63. The summed E-state index contributed by atoms with van der Waals surface area (Å²) in [4.78, 5) is 16.7. The van der Waals surface area contributed by atoms with Gasteiger partial charge in [0.2, 0.25) is 0 Å². The summed E-state index contributed by atoms with van der Waals surface area (Å²) in [6.45, 7) is 7.66. The highest BCUT2D eigenvalue weighted by atomic mass is 32.2. The first-order chi connectivity index (χ1) is 13.1. The summed E-state index contributed by atoms with van der Waals surface area (Å²) in [5.41, 5.74) is 4.82. The van der Waals surface area contributed by atoms with Crippen molar-refractivity contribution in [2.24, 2.45) is 4.99 Å². The van der Waals surface area contributed by atoms with Gasteiger partial charge in [-0.25, -0.2) is 4.98 Å². The standard InChI is InChI=1S/C20H21N5S2/c1-12-10-15(14(3)25(12)19-22-8-9-26-19)18-17(16-6-4-5-7-21-16)23-20-24(18)11-13(2)27-20/h4-10,13,17-18H,11H2,1-3H3/t13-,17-,18-/m1/s1. The van der Waals surface area contributed by atoms with Crippen molar-refractivity contribution < 1.29 is 0 Å². The first-order valence-corrected chi connectivity index (χ1v) is 10.9. The van der Waals surface area contributed by atoms with Crippen LogP contribution in [0.5, 0.6) is 0 Å². The highest BCUT2D eigenvalue weighted by Crippen LogP contribution is 2.48. The SMILES string of the molecule is Cc1cc([C@@H]2[C@@H](c3ccccn3)N=C3S[C@H](C)CN32)c(C)n1-c1nccs1. The third kappa shape index (κ3) is 2.72. The third-order valence-corrected chi connectivity index (χ3v) is 7.14. The van der Waals surface area contributed by atoms with Gasteiger partial charge in [-0.05, 0) is 37.6 Å². The number of aryl methyl sites for hydroxylation is 1. The van der Waals surface area contributed by atoms with Crippen LogP contribution in [0.3, 0.4) is 0 Å². The Morgan fingerprint density at radius 2 is 2.04 bits per heavy atom. The number of thioether (sulfide) groups is 1. The molecule has 5 heterocycles. The Morgan fingerprint density at radius 3 is 2.78 bits per heavy atom. The topological polar surface area (TPSA) is 46.3 Å². The van der Waals surface area contributed by atoms with E-state index in [1.165, 1.54) is 17.0 Å². The maximum atomic E-state index is 5.09. The van der Waals surface area contributed by atoms with E-state index in [1.54, 1.807) is 11.3 Å². The van der Waals surface area contributed by atoms with E-state index in [0.717, 1.165) is 22.5 Å². The zero-order valence-corrected chi connectivity index (χ0v) is 17.2. The number of rotatable bonds is 3. The van der Waals surface area contributed by atoms with E-state index in [0.29, 0.717) is 5.25 Å². The number of fused-ring (bicyclic) bond motifs is 1. The summed E-state index contributed by atoms with van der Waals surface area (Å²) >= 11 is 3.55. The number of aromatic nitrogens is 3. The van der Waals surface area contributed by atoms with Gasteiger partial charge in [0.1, 0.15) is 6.04 Å². The van der Waals surface area contributed by atoms with Crippen LogP contribution < -0.4 is 0 Å². The van der Waals surface area contributed by atoms with Gasteiger partial charge in [-0.3, -0.25) is 14.5 Å². The molecular weight excluding hydrogens is 374 g/mol. The van der Waals surface area contributed by atoms with Gasteiger partial charge in [0.25, 0.3) is 0 Å². The van der Waals surface area contributed by atoms with Gasteiger partial charge in [0, 0.05) is 41.0 Å². The zero-order chi connectivity index (χ0) is 18.5. The Labute approximate surface area is 167 Å². The minimum absolute atomic E-state index is 0.0337. The molecule has 0 unspecified atom stereocenters. The first-order valence-electron chi connectivity index (χ1n) is 9.14. The van der Waals surface area contributed by atoms with Crippen molar-refractivity contribution in [3.63, 3.8) is 0 Å². The van der Waals surface area contributed by atoms with E-state index in [1.807, 2.05) is 35.6 Å². The normalized spacial score (nSPS) is 24.3. The van der Waals surface area contributed by atoms with Crippen LogP contribution in [-0.4, -0.2) is 36.4 Å². The lowest BCUT2D eigenvalue weighted by atomic mass is 9.96. The minimum atomic E-state index is 0.0337. The van der Waals surface area contributed by atoms with E-state index < -0.39 is 0 Å². The molecule has 0 amide bonds. The van der Waals surface area contributed by atoms with Crippen LogP contribution in [0.15, 0.2) is 47.0 Å². The van der Waals surface area contributed by atoms with Gasteiger partial charge in [-0.15, -0.1) is 11.3 Å². The van der Waals surface area contributed by atoms with Crippen molar-refractivity contribution in [2.75, 3.05) is 6.54 Å². The summed E-state index contributed by atoms with van der Waals surface area (Å²) in [7, 11) is 0. The number of hydrogen-bond acceptors (Lipinski definition) is 6. The predicted molar refractivity (Wildman–Crippen MR) is 112 cm³/mol. The molecule has 0 N–H and O–H groups in total. The van der Waals surface area contributed by atoms with Gasteiger partial charge in [-0.1, -0.05) is 24.8 Å². The molecule has 0 radical (unpaired) electrons. The first kappa shape index (κ1) is 17.0. The number of pyridine rings is 1. The molecule has 5 nitrogen and oxygen atoms in total. The highest BCUT2D eigenvalue weighted by molar-refractivity contribution is 8.14. The summed E-state index contributed by atoms with van der Waals surface area (Å²) in [5, 5.41) is 4.77. The van der Waals surface area contributed by atoms with Crippen molar-refractivity contribution >= 4 is 28.3 Å². The van der Waals surface area contributed by atoms with Crippen molar-refractivity contribution in [1.82, 2.24) is 19.4 Å². The quantitative estimate of drug-likeness (QED) is 0.653. The second-order valence-corrected chi connectivity index (χ2v) is 9.39. The molecule has 0 bridgehead atoms. The maximum absolute atomic E-state index is 5.09. The lowest BCUT2D eigenvalue weighted by molar-refractivity contribution is 0.320. The fourth-order valence-electron chi connectivity index (χ4n) is 4.16. The van der Waals surface area contributed by atoms with E-state index in [-0.39, 0.29) is 12.1 Å². The molecule has 3 aromatic rings. The van der Waals surface area contributed by atoms with E-state index in [2.05, 4.69) is 58.4 Å². The highest BCUT2D eigenvalue weighted by Gasteiger charge is 2.44.